The van der Waals surface area contributed by atoms with Crippen molar-refractivity contribution in [2.75, 3.05) is 6.54 Å². The fraction of sp³-hybridized carbons (Fsp3) is 0.474. The quantitative estimate of drug-likeness (QED) is 0.917. The van der Waals surface area contributed by atoms with Crippen LogP contribution in [0, 0.1) is 0 Å². The third-order valence-electron chi connectivity index (χ3n) is 4.88. The van der Waals surface area contributed by atoms with E-state index in [0.717, 1.165) is 37.9 Å². The zero-order valence-electron chi connectivity index (χ0n) is 14.5. The van der Waals surface area contributed by atoms with Gasteiger partial charge in [-0.25, -0.2) is 4.79 Å². The number of aromatic nitrogens is 2. The van der Waals surface area contributed by atoms with Crippen LogP contribution in [-0.2, 0) is 19.5 Å². The molecular weight excluding hydrogens is 300 g/mol. The normalized spacial score (nSPS) is 20.3. The van der Waals surface area contributed by atoms with Gasteiger partial charge in [-0.15, -0.1) is 0 Å². The molecule has 0 radical (unpaired) electrons. The van der Waals surface area contributed by atoms with E-state index in [2.05, 4.69) is 48.5 Å². The number of amides is 2. The maximum absolute atomic E-state index is 12.7. The van der Waals surface area contributed by atoms with Crippen molar-refractivity contribution in [3.05, 3.63) is 53.9 Å². The number of aryl methyl sites for hydroxylation is 1. The molecule has 24 heavy (non-hydrogen) atoms. The summed E-state index contributed by atoms with van der Waals surface area (Å²) < 4.78 is 1.87. The first kappa shape index (κ1) is 16.6. The van der Waals surface area contributed by atoms with E-state index in [1.807, 2.05) is 28.0 Å². The van der Waals surface area contributed by atoms with Gasteiger partial charge in [0.25, 0.3) is 0 Å². The van der Waals surface area contributed by atoms with E-state index in [4.69, 9.17) is 0 Å². The summed E-state index contributed by atoms with van der Waals surface area (Å²) in [5.41, 5.74) is 2.21. The number of nitrogens with one attached hydrogen (secondary N) is 1. The van der Waals surface area contributed by atoms with Crippen LogP contribution in [0.1, 0.15) is 37.8 Å². The lowest BCUT2D eigenvalue weighted by Crippen LogP contribution is -2.50. The zero-order chi connectivity index (χ0) is 17.0. The van der Waals surface area contributed by atoms with Crippen molar-refractivity contribution in [3.63, 3.8) is 0 Å². The number of urea groups is 1. The number of rotatable bonds is 5. The van der Waals surface area contributed by atoms with Gasteiger partial charge in [0.05, 0.1) is 6.20 Å². The molecule has 0 aliphatic carbocycles. The van der Waals surface area contributed by atoms with Gasteiger partial charge in [-0.3, -0.25) is 4.68 Å². The maximum Gasteiger partial charge on any atom is 0.318 e. The summed E-state index contributed by atoms with van der Waals surface area (Å²) in [4.78, 5) is 14.7. The van der Waals surface area contributed by atoms with Crippen LogP contribution in [-0.4, -0.2) is 32.8 Å². The molecule has 2 aromatic rings. The SMILES string of the molecule is CCn1cc(CNC(=O)N2CCCC2(C)Cc2ccccc2)cn1. The van der Waals surface area contributed by atoms with Gasteiger partial charge in [-0.2, -0.15) is 5.10 Å². The molecular formula is C19H26N4O. The fourth-order valence-corrected chi connectivity index (χ4v) is 3.53. The summed E-state index contributed by atoms with van der Waals surface area (Å²) in [7, 11) is 0. The topological polar surface area (TPSA) is 50.2 Å². The van der Waals surface area contributed by atoms with Crippen molar-refractivity contribution >= 4 is 6.03 Å². The van der Waals surface area contributed by atoms with Crippen molar-refractivity contribution in [1.82, 2.24) is 20.0 Å². The van der Waals surface area contributed by atoms with Crippen LogP contribution >= 0.6 is 0 Å². The van der Waals surface area contributed by atoms with Crippen molar-refractivity contribution in [1.29, 1.82) is 0 Å². The Labute approximate surface area is 143 Å². The van der Waals surface area contributed by atoms with Crippen LogP contribution in [0.5, 0.6) is 0 Å². The van der Waals surface area contributed by atoms with E-state index in [0.29, 0.717) is 6.54 Å². The minimum absolute atomic E-state index is 0.0233. The molecule has 1 aromatic carbocycles. The molecule has 128 valence electrons. The molecule has 2 amide bonds. The third-order valence-corrected chi connectivity index (χ3v) is 4.88. The van der Waals surface area contributed by atoms with Gasteiger partial charge in [0.15, 0.2) is 0 Å². The van der Waals surface area contributed by atoms with Gasteiger partial charge in [-0.05, 0) is 38.7 Å². The van der Waals surface area contributed by atoms with Crippen LogP contribution < -0.4 is 5.32 Å². The molecule has 1 atom stereocenters. The molecule has 0 saturated carbocycles. The summed E-state index contributed by atoms with van der Waals surface area (Å²) in [6.07, 6.45) is 6.80. The second-order valence-corrected chi connectivity index (χ2v) is 6.78. The Morgan fingerprint density at radius 1 is 1.29 bits per heavy atom. The minimum Gasteiger partial charge on any atom is -0.334 e. The highest BCUT2D eigenvalue weighted by atomic mass is 16.2. The van der Waals surface area contributed by atoms with Gasteiger partial charge < -0.3 is 10.2 Å². The Balaban J connectivity index is 1.62. The highest BCUT2D eigenvalue weighted by Crippen LogP contribution is 2.32. The predicted molar refractivity (Wildman–Crippen MR) is 94.6 cm³/mol. The Morgan fingerprint density at radius 2 is 2.08 bits per heavy atom. The van der Waals surface area contributed by atoms with Crippen LogP contribution in [0.2, 0.25) is 0 Å². The highest BCUT2D eigenvalue weighted by molar-refractivity contribution is 5.75. The molecule has 0 spiro atoms. The average molecular weight is 326 g/mol. The number of likely N-dealkylation sites (tertiary alicyclic amines) is 1. The lowest BCUT2D eigenvalue weighted by atomic mass is 9.90. The number of hydrogen-bond acceptors (Lipinski definition) is 2. The van der Waals surface area contributed by atoms with E-state index >= 15 is 0 Å². The predicted octanol–water partition coefficient (Wildman–Crippen LogP) is 3.21. The molecule has 5 heteroatoms. The summed E-state index contributed by atoms with van der Waals surface area (Å²) >= 11 is 0. The van der Waals surface area contributed by atoms with Gasteiger partial charge in [0.2, 0.25) is 0 Å². The van der Waals surface area contributed by atoms with Gasteiger partial charge in [0, 0.05) is 36.9 Å². The number of benzene rings is 1. The molecule has 1 fully saturated rings. The van der Waals surface area contributed by atoms with Gasteiger partial charge in [0.1, 0.15) is 0 Å². The average Bonchev–Trinajstić information content (AvgIpc) is 3.20. The lowest BCUT2D eigenvalue weighted by Gasteiger charge is -2.35. The number of carbonyl (C=O) groups is 1. The molecule has 1 aliphatic heterocycles. The second kappa shape index (κ2) is 7.07. The Kier molecular flexibility index (Phi) is 4.88. The summed E-state index contributed by atoms with van der Waals surface area (Å²) in [5, 5.41) is 7.30. The summed E-state index contributed by atoms with van der Waals surface area (Å²) in [6.45, 7) is 6.44. The van der Waals surface area contributed by atoms with Crippen LogP contribution in [0.3, 0.4) is 0 Å². The molecule has 3 rings (SSSR count). The van der Waals surface area contributed by atoms with Crippen molar-refractivity contribution in [2.24, 2.45) is 0 Å². The smallest absolute Gasteiger partial charge is 0.318 e. The van der Waals surface area contributed by atoms with Gasteiger partial charge >= 0.3 is 6.03 Å². The lowest BCUT2D eigenvalue weighted by molar-refractivity contribution is 0.155. The van der Waals surface area contributed by atoms with Crippen molar-refractivity contribution in [2.45, 2.75) is 51.7 Å². The summed E-state index contributed by atoms with van der Waals surface area (Å²) in [6, 6.07) is 10.4. The molecule has 1 saturated heterocycles. The molecule has 0 bridgehead atoms. The highest BCUT2D eigenvalue weighted by Gasteiger charge is 2.39. The first-order valence-electron chi connectivity index (χ1n) is 8.71. The van der Waals surface area contributed by atoms with E-state index < -0.39 is 0 Å². The molecule has 1 N–H and O–H groups in total. The van der Waals surface area contributed by atoms with Crippen molar-refractivity contribution in [3.8, 4) is 0 Å². The van der Waals surface area contributed by atoms with E-state index in [-0.39, 0.29) is 11.6 Å². The van der Waals surface area contributed by atoms with E-state index in [9.17, 15) is 4.79 Å². The zero-order valence-corrected chi connectivity index (χ0v) is 14.5. The van der Waals surface area contributed by atoms with Crippen LogP contribution in [0.25, 0.3) is 0 Å². The van der Waals surface area contributed by atoms with Crippen molar-refractivity contribution < 1.29 is 4.79 Å². The largest absolute Gasteiger partial charge is 0.334 e. The molecule has 1 unspecified atom stereocenters. The molecule has 5 nitrogen and oxygen atoms in total. The Morgan fingerprint density at radius 3 is 2.79 bits per heavy atom. The molecule has 1 aromatic heterocycles. The maximum atomic E-state index is 12.7. The fourth-order valence-electron chi connectivity index (χ4n) is 3.53. The summed E-state index contributed by atoms with van der Waals surface area (Å²) in [5.74, 6) is 0. The monoisotopic (exact) mass is 326 g/mol. The van der Waals surface area contributed by atoms with E-state index in [1.54, 1.807) is 0 Å². The number of nitrogens with zero attached hydrogens (tertiary/aromatic N) is 3. The van der Waals surface area contributed by atoms with E-state index in [1.165, 1.54) is 5.56 Å². The number of hydrogen-bond donors (Lipinski definition) is 1. The Hall–Kier alpha value is -2.30. The number of carbonyl (C=O) groups excluding carboxylic acids is 1. The molecule has 1 aliphatic rings. The van der Waals surface area contributed by atoms with Crippen LogP contribution in [0.15, 0.2) is 42.7 Å². The second-order valence-electron chi connectivity index (χ2n) is 6.78. The third kappa shape index (κ3) is 3.61. The first-order valence-corrected chi connectivity index (χ1v) is 8.71. The minimum atomic E-state index is -0.112. The van der Waals surface area contributed by atoms with Crippen LogP contribution in [0.4, 0.5) is 4.79 Å². The Bertz CT molecular complexity index is 682. The molecule has 2 heterocycles. The first-order chi connectivity index (χ1) is 11.6. The van der Waals surface area contributed by atoms with Gasteiger partial charge in [-0.1, -0.05) is 30.3 Å². The standard InChI is InChI=1S/C19H26N4O/c1-3-22-15-17(14-21-22)13-20-18(24)23-11-7-10-19(23,2)12-16-8-5-4-6-9-16/h4-6,8-9,14-15H,3,7,10-13H2,1-2H3,(H,20,24).